The van der Waals surface area contributed by atoms with Gasteiger partial charge >= 0.3 is 0 Å². The number of anilines is 1. The number of thioether (sulfide) groups is 1. The summed E-state index contributed by atoms with van der Waals surface area (Å²) in [6, 6.07) is 11.1. The van der Waals surface area contributed by atoms with Gasteiger partial charge in [-0.3, -0.25) is 4.79 Å². The molecule has 1 atom stereocenters. The number of rotatable bonds is 7. The highest BCUT2D eigenvalue weighted by Crippen LogP contribution is 2.35. The van der Waals surface area contributed by atoms with Crippen LogP contribution in [-0.2, 0) is 11.2 Å². The van der Waals surface area contributed by atoms with E-state index < -0.39 is 0 Å². The van der Waals surface area contributed by atoms with Crippen LogP contribution in [-0.4, -0.2) is 22.9 Å². The molecule has 0 saturated heterocycles. The van der Waals surface area contributed by atoms with E-state index in [2.05, 4.69) is 23.3 Å². The van der Waals surface area contributed by atoms with Crippen molar-refractivity contribution in [2.45, 2.75) is 43.4 Å². The molecule has 2 aromatic rings. The molecule has 1 amide bonds. The molecule has 0 radical (unpaired) electrons. The van der Waals surface area contributed by atoms with Crippen molar-refractivity contribution >= 4 is 23.4 Å². The first kappa shape index (κ1) is 19.1. The molecule has 0 aliphatic carbocycles. The second kappa shape index (κ2) is 8.78. The molecule has 1 aliphatic rings. The molecule has 27 heavy (non-hydrogen) atoms. The zero-order valence-electron chi connectivity index (χ0n) is 15.3. The molecule has 2 heterocycles. The van der Waals surface area contributed by atoms with Crippen LogP contribution in [0.3, 0.4) is 0 Å². The molecule has 3 rings (SSSR count). The van der Waals surface area contributed by atoms with E-state index in [1.54, 1.807) is 24.3 Å². The number of hydrogen-bond donors (Lipinski definition) is 1. The van der Waals surface area contributed by atoms with Gasteiger partial charge in [0.25, 0.3) is 0 Å². The molecule has 1 aliphatic heterocycles. The number of nitrogens with one attached hydrogen (secondary N) is 1. The van der Waals surface area contributed by atoms with E-state index in [-0.39, 0.29) is 18.0 Å². The van der Waals surface area contributed by atoms with Crippen molar-refractivity contribution in [1.82, 2.24) is 4.98 Å². The van der Waals surface area contributed by atoms with Crippen molar-refractivity contribution in [1.29, 1.82) is 5.26 Å². The number of nitriles is 1. The van der Waals surface area contributed by atoms with E-state index in [0.717, 1.165) is 18.5 Å². The number of hydrogen-bond acceptors (Lipinski definition) is 6. The molecule has 7 heteroatoms. The molecular formula is C20H21N3O3S. The van der Waals surface area contributed by atoms with E-state index in [4.69, 9.17) is 9.47 Å². The number of carbonyl (C=O) groups excluding carboxylic acids is 1. The quantitative estimate of drug-likeness (QED) is 0.723. The minimum absolute atomic E-state index is 0.132. The predicted octanol–water partition coefficient (Wildman–Crippen LogP) is 4.14. The Morgan fingerprint density at radius 3 is 2.85 bits per heavy atom. The second-order valence-electron chi connectivity index (χ2n) is 6.09. The van der Waals surface area contributed by atoms with Gasteiger partial charge in [-0.2, -0.15) is 5.26 Å². The minimum Gasteiger partial charge on any atom is -0.454 e. The summed E-state index contributed by atoms with van der Waals surface area (Å²) >= 11 is 1.33. The number of carbonyl (C=O) groups is 1. The fourth-order valence-corrected chi connectivity index (χ4v) is 3.72. The van der Waals surface area contributed by atoms with Gasteiger partial charge in [-0.1, -0.05) is 32.0 Å². The van der Waals surface area contributed by atoms with E-state index >= 15 is 0 Å². The van der Waals surface area contributed by atoms with Gasteiger partial charge in [-0.15, -0.1) is 0 Å². The van der Waals surface area contributed by atoms with Crippen LogP contribution in [0, 0.1) is 11.3 Å². The predicted molar refractivity (Wildman–Crippen MR) is 104 cm³/mol. The van der Waals surface area contributed by atoms with Gasteiger partial charge in [0.1, 0.15) is 11.1 Å². The number of fused-ring (bicyclic) bond motifs is 1. The summed E-state index contributed by atoms with van der Waals surface area (Å²) in [7, 11) is 0. The van der Waals surface area contributed by atoms with E-state index in [1.165, 1.54) is 11.8 Å². The van der Waals surface area contributed by atoms with E-state index in [9.17, 15) is 10.1 Å². The third-order valence-electron chi connectivity index (χ3n) is 4.10. The molecule has 0 bridgehead atoms. The van der Waals surface area contributed by atoms with Gasteiger partial charge in [0.2, 0.25) is 12.7 Å². The topological polar surface area (TPSA) is 84.2 Å². The fourth-order valence-electron chi connectivity index (χ4n) is 2.70. The molecule has 1 aromatic heterocycles. The molecule has 1 unspecified atom stereocenters. The van der Waals surface area contributed by atoms with Gasteiger partial charge in [-0.25, -0.2) is 4.98 Å². The summed E-state index contributed by atoms with van der Waals surface area (Å²) in [5.41, 5.74) is 2.08. The maximum Gasteiger partial charge on any atom is 0.237 e. The smallest absolute Gasteiger partial charge is 0.237 e. The van der Waals surface area contributed by atoms with Crippen LogP contribution in [0.2, 0.25) is 0 Å². The number of pyridine rings is 1. The Kier molecular flexibility index (Phi) is 6.20. The summed E-state index contributed by atoms with van der Waals surface area (Å²) in [5.74, 6) is 1.16. The lowest BCUT2D eigenvalue weighted by Gasteiger charge is -2.15. The monoisotopic (exact) mass is 383 g/mol. The van der Waals surface area contributed by atoms with Crippen LogP contribution in [0.15, 0.2) is 35.4 Å². The average Bonchev–Trinajstić information content (AvgIpc) is 3.14. The summed E-state index contributed by atoms with van der Waals surface area (Å²) in [6.45, 7) is 4.22. The molecule has 1 aromatic carbocycles. The summed E-state index contributed by atoms with van der Waals surface area (Å²) in [6.07, 6.45) is 2.44. The second-order valence-corrected chi connectivity index (χ2v) is 7.28. The molecule has 0 fully saturated rings. The van der Waals surface area contributed by atoms with Gasteiger partial charge in [0.15, 0.2) is 11.5 Å². The van der Waals surface area contributed by atoms with Crippen LogP contribution in [0.25, 0.3) is 0 Å². The lowest BCUT2D eigenvalue weighted by Crippen LogP contribution is -2.24. The number of benzene rings is 1. The van der Waals surface area contributed by atoms with Crippen LogP contribution >= 0.6 is 11.8 Å². The van der Waals surface area contributed by atoms with Crippen molar-refractivity contribution in [2.24, 2.45) is 0 Å². The molecule has 6 nitrogen and oxygen atoms in total. The number of ether oxygens (including phenoxy) is 2. The maximum absolute atomic E-state index is 12.7. The summed E-state index contributed by atoms with van der Waals surface area (Å²) in [4.78, 5) is 17.3. The molecular weight excluding hydrogens is 362 g/mol. The van der Waals surface area contributed by atoms with Gasteiger partial charge in [0, 0.05) is 17.4 Å². The third kappa shape index (κ3) is 4.52. The van der Waals surface area contributed by atoms with Gasteiger partial charge in [-0.05, 0) is 37.1 Å². The van der Waals surface area contributed by atoms with Crippen molar-refractivity contribution in [3.8, 4) is 17.6 Å². The summed E-state index contributed by atoms with van der Waals surface area (Å²) in [5, 5.41) is 12.5. The van der Waals surface area contributed by atoms with Crippen LogP contribution in [0.1, 0.15) is 37.9 Å². The minimum atomic E-state index is -0.355. The Hall–Kier alpha value is -2.72. The molecule has 1 N–H and O–H groups in total. The average molecular weight is 383 g/mol. The normalized spacial score (nSPS) is 13.1. The number of aromatic nitrogens is 1. The first-order valence-corrected chi connectivity index (χ1v) is 9.79. The Morgan fingerprint density at radius 2 is 2.11 bits per heavy atom. The molecule has 140 valence electrons. The fraction of sp³-hybridized carbons (Fsp3) is 0.350. The van der Waals surface area contributed by atoms with Crippen molar-refractivity contribution < 1.29 is 14.3 Å². The van der Waals surface area contributed by atoms with Crippen molar-refractivity contribution in [3.05, 3.63) is 41.6 Å². The SMILES string of the molecule is CCCc1ccc(C#N)c(SC(CC)C(=O)Nc2ccc3c(c2)OCO3)n1. The standard InChI is InChI=1S/C20H21N3O3S/c1-3-5-14-7-6-13(11-21)20(23-14)27-18(4-2)19(24)22-15-8-9-16-17(10-15)26-12-25-16/h6-10,18H,3-5,12H2,1-2H3,(H,22,24). The first-order chi connectivity index (χ1) is 13.1. The third-order valence-corrected chi connectivity index (χ3v) is 5.47. The lowest BCUT2D eigenvalue weighted by atomic mass is 10.2. The highest BCUT2D eigenvalue weighted by Gasteiger charge is 2.22. The first-order valence-electron chi connectivity index (χ1n) is 8.91. The van der Waals surface area contributed by atoms with Gasteiger partial charge < -0.3 is 14.8 Å². The zero-order valence-corrected chi connectivity index (χ0v) is 16.1. The highest BCUT2D eigenvalue weighted by atomic mass is 32.2. The number of amides is 1. The summed E-state index contributed by atoms with van der Waals surface area (Å²) < 4.78 is 10.6. The van der Waals surface area contributed by atoms with E-state index in [0.29, 0.717) is 34.2 Å². The van der Waals surface area contributed by atoms with Gasteiger partial charge in [0.05, 0.1) is 10.8 Å². The zero-order chi connectivity index (χ0) is 19.2. The van der Waals surface area contributed by atoms with Crippen LogP contribution in [0.5, 0.6) is 11.5 Å². The maximum atomic E-state index is 12.7. The van der Waals surface area contributed by atoms with E-state index in [1.807, 2.05) is 13.0 Å². The Labute approximate surface area is 162 Å². The van der Waals surface area contributed by atoms with Crippen molar-refractivity contribution in [2.75, 3.05) is 12.1 Å². The highest BCUT2D eigenvalue weighted by molar-refractivity contribution is 8.00. The van der Waals surface area contributed by atoms with Crippen LogP contribution in [0.4, 0.5) is 5.69 Å². The molecule has 0 spiro atoms. The number of nitrogens with zero attached hydrogens (tertiary/aromatic N) is 2. The molecule has 0 saturated carbocycles. The largest absolute Gasteiger partial charge is 0.454 e. The van der Waals surface area contributed by atoms with Crippen molar-refractivity contribution in [3.63, 3.8) is 0 Å². The van der Waals surface area contributed by atoms with Crippen LogP contribution < -0.4 is 14.8 Å². The Morgan fingerprint density at radius 1 is 1.30 bits per heavy atom. The Bertz CT molecular complexity index is 879. The Balaban J connectivity index is 1.74. The lowest BCUT2D eigenvalue weighted by molar-refractivity contribution is -0.115. The number of aryl methyl sites for hydroxylation is 1.